The van der Waals surface area contributed by atoms with Gasteiger partial charge in [0.2, 0.25) is 0 Å². The van der Waals surface area contributed by atoms with Crippen molar-refractivity contribution in [2.45, 2.75) is 12.5 Å². The summed E-state index contributed by atoms with van der Waals surface area (Å²) in [5, 5.41) is 4.35. The predicted molar refractivity (Wildman–Crippen MR) is 130 cm³/mol. The van der Waals surface area contributed by atoms with Crippen molar-refractivity contribution >= 4 is 16.7 Å². The zero-order valence-corrected chi connectivity index (χ0v) is 18.0. The van der Waals surface area contributed by atoms with E-state index in [9.17, 15) is 0 Å². The van der Waals surface area contributed by atoms with Gasteiger partial charge in [-0.1, -0.05) is 30.3 Å². The average molecular weight is 434 g/mol. The summed E-state index contributed by atoms with van der Waals surface area (Å²) >= 11 is 0. The lowest BCUT2D eigenvalue weighted by Crippen LogP contribution is -2.31. The van der Waals surface area contributed by atoms with E-state index in [1.807, 2.05) is 48.5 Å². The molecule has 4 heterocycles. The quantitative estimate of drug-likeness (QED) is 0.398. The Morgan fingerprint density at radius 2 is 1.45 bits per heavy atom. The minimum atomic E-state index is -0.0664. The highest BCUT2D eigenvalue weighted by Gasteiger charge is 2.15. The molecule has 3 N–H and O–H groups in total. The highest BCUT2D eigenvalue weighted by atomic mass is 15.0. The lowest BCUT2D eigenvalue weighted by Gasteiger charge is -2.16. The van der Waals surface area contributed by atoms with Crippen LogP contribution in [0.25, 0.3) is 33.5 Å². The highest BCUT2D eigenvalue weighted by Crippen LogP contribution is 2.30. The van der Waals surface area contributed by atoms with Gasteiger partial charge in [0, 0.05) is 60.1 Å². The second-order valence-electron chi connectivity index (χ2n) is 7.75. The first-order valence-corrected chi connectivity index (χ1v) is 10.8. The van der Waals surface area contributed by atoms with Gasteiger partial charge in [0.15, 0.2) is 5.82 Å². The SMILES string of the molecule is N[C@H](CNc1nc(-c2ccncc2)nc2c(-c3ccncc3)nccc12)Cc1ccccc1. The zero-order valence-electron chi connectivity index (χ0n) is 18.0. The van der Waals surface area contributed by atoms with E-state index in [1.165, 1.54) is 5.56 Å². The monoisotopic (exact) mass is 433 g/mol. The van der Waals surface area contributed by atoms with Gasteiger partial charge >= 0.3 is 0 Å². The number of fused-ring (bicyclic) bond motifs is 1. The fourth-order valence-electron chi connectivity index (χ4n) is 3.76. The van der Waals surface area contributed by atoms with Gasteiger partial charge in [-0.05, 0) is 42.3 Å². The Hall–Kier alpha value is -4.23. The molecule has 0 unspecified atom stereocenters. The Bertz CT molecular complexity index is 1340. The van der Waals surface area contributed by atoms with Crippen molar-refractivity contribution in [2.75, 3.05) is 11.9 Å². The Morgan fingerprint density at radius 3 is 2.18 bits per heavy atom. The van der Waals surface area contributed by atoms with Gasteiger partial charge in [0.1, 0.15) is 11.3 Å². The molecule has 1 atom stereocenters. The van der Waals surface area contributed by atoms with Crippen LogP contribution in [0.2, 0.25) is 0 Å². The van der Waals surface area contributed by atoms with Gasteiger partial charge < -0.3 is 11.1 Å². The topological polar surface area (TPSA) is 102 Å². The smallest absolute Gasteiger partial charge is 0.162 e. The lowest BCUT2D eigenvalue weighted by atomic mass is 10.1. The number of benzene rings is 1. The van der Waals surface area contributed by atoms with E-state index in [1.54, 1.807) is 31.0 Å². The van der Waals surface area contributed by atoms with Crippen molar-refractivity contribution in [1.29, 1.82) is 0 Å². The maximum Gasteiger partial charge on any atom is 0.162 e. The van der Waals surface area contributed by atoms with Crippen molar-refractivity contribution in [3.05, 3.63) is 97.2 Å². The van der Waals surface area contributed by atoms with Crippen LogP contribution >= 0.6 is 0 Å². The zero-order chi connectivity index (χ0) is 22.5. The molecule has 0 amide bonds. The van der Waals surface area contributed by atoms with Gasteiger partial charge in [-0.3, -0.25) is 15.0 Å². The van der Waals surface area contributed by atoms with Crippen molar-refractivity contribution in [3.63, 3.8) is 0 Å². The summed E-state index contributed by atoms with van der Waals surface area (Å²) in [6.45, 7) is 0.573. The van der Waals surface area contributed by atoms with Crippen LogP contribution in [0.4, 0.5) is 5.82 Å². The average Bonchev–Trinajstić information content (AvgIpc) is 2.88. The van der Waals surface area contributed by atoms with Crippen LogP contribution in [-0.2, 0) is 6.42 Å². The molecule has 4 aromatic heterocycles. The summed E-state index contributed by atoms with van der Waals surface area (Å²) in [7, 11) is 0. The minimum absolute atomic E-state index is 0.0664. The van der Waals surface area contributed by atoms with Gasteiger partial charge in [-0.2, -0.15) is 0 Å². The molecular formula is C26H23N7. The fourth-order valence-corrected chi connectivity index (χ4v) is 3.76. The van der Waals surface area contributed by atoms with Gasteiger partial charge in [-0.25, -0.2) is 9.97 Å². The standard InChI is InChI=1S/C26H23N7/c27-21(16-18-4-2-1-3-5-18)17-31-26-22-10-15-30-23(19-6-11-28-12-7-19)24(22)32-25(33-26)20-8-13-29-14-9-20/h1-15,21H,16-17,27H2,(H,31,32,33)/t21-/m0/s1. The van der Waals surface area contributed by atoms with E-state index in [0.717, 1.165) is 40.0 Å². The first kappa shape index (κ1) is 20.7. The number of nitrogens with one attached hydrogen (secondary N) is 1. The van der Waals surface area contributed by atoms with E-state index in [-0.39, 0.29) is 6.04 Å². The summed E-state index contributed by atoms with van der Waals surface area (Å²) in [6.07, 6.45) is 9.53. The summed E-state index contributed by atoms with van der Waals surface area (Å²) < 4.78 is 0. The minimum Gasteiger partial charge on any atom is -0.368 e. The van der Waals surface area contributed by atoms with E-state index < -0.39 is 0 Å². The van der Waals surface area contributed by atoms with E-state index in [4.69, 9.17) is 15.7 Å². The molecule has 0 fully saturated rings. The van der Waals surface area contributed by atoms with Gasteiger partial charge in [-0.15, -0.1) is 0 Å². The first-order valence-electron chi connectivity index (χ1n) is 10.8. The lowest BCUT2D eigenvalue weighted by molar-refractivity contribution is 0.698. The first-order chi connectivity index (χ1) is 16.3. The number of aromatic nitrogens is 5. The molecule has 33 heavy (non-hydrogen) atoms. The fraction of sp³-hybridized carbons (Fsp3) is 0.115. The molecule has 0 bridgehead atoms. The molecule has 0 aliphatic heterocycles. The maximum absolute atomic E-state index is 6.43. The van der Waals surface area contributed by atoms with Crippen molar-refractivity contribution in [2.24, 2.45) is 5.73 Å². The third-order valence-corrected chi connectivity index (χ3v) is 5.38. The third kappa shape index (κ3) is 4.68. The number of rotatable bonds is 7. The summed E-state index contributed by atoms with van der Waals surface area (Å²) in [5.74, 6) is 1.33. The van der Waals surface area contributed by atoms with Gasteiger partial charge in [0.25, 0.3) is 0 Å². The van der Waals surface area contributed by atoms with Crippen LogP contribution in [0.1, 0.15) is 5.56 Å². The normalized spacial score (nSPS) is 11.9. The second-order valence-corrected chi connectivity index (χ2v) is 7.75. The molecule has 0 saturated carbocycles. The molecule has 5 aromatic rings. The molecule has 162 valence electrons. The molecule has 0 saturated heterocycles. The molecule has 0 radical (unpaired) electrons. The van der Waals surface area contributed by atoms with Crippen molar-refractivity contribution in [1.82, 2.24) is 24.9 Å². The van der Waals surface area contributed by atoms with E-state index in [2.05, 4.69) is 32.4 Å². The largest absolute Gasteiger partial charge is 0.368 e. The molecule has 7 heteroatoms. The number of hydrogen-bond donors (Lipinski definition) is 2. The second kappa shape index (κ2) is 9.50. The molecule has 0 aliphatic rings. The Kier molecular flexibility index (Phi) is 5.95. The van der Waals surface area contributed by atoms with Crippen molar-refractivity contribution in [3.8, 4) is 22.6 Å². The molecule has 5 rings (SSSR count). The molecule has 0 spiro atoms. The van der Waals surface area contributed by atoms with Crippen LogP contribution < -0.4 is 11.1 Å². The van der Waals surface area contributed by atoms with Crippen LogP contribution in [0.3, 0.4) is 0 Å². The number of hydrogen-bond acceptors (Lipinski definition) is 7. The van der Waals surface area contributed by atoms with E-state index in [0.29, 0.717) is 12.4 Å². The van der Waals surface area contributed by atoms with Crippen LogP contribution in [-0.4, -0.2) is 37.5 Å². The molecule has 7 nitrogen and oxygen atoms in total. The summed E-state index contributed by atoms with van der Waals surface area (Å²) in [5.41, 5.74) is 11.0. The predicted octanol–water partition coefficient (Wildman–Crippen LogP) is 4.13. The summed E-state index contributed by atoms with van der Waals surface area (Å²) in [4.78, 5) is 22.6. The van der Waals surface area contributed by atoms with E-state index >= 15 is 0 Å². The Morgan fingerprint density at radius 1 is 0.758 bits per heavy atom. The molecule has 0 aliphatic carbocycles. The molecular weight excluding hydrogens is 410 g/mol. The van der Waals surface area contributed by atoms with Crippen molar-refractivity contribution < 1.29 is 0 Å². The number of nitrogens with two attached hydrogens (primary N) is 1. The summed E-state index contributed by atoms with van der Waals surface area (Å²) in [6, 6.07) is 19.8. The highest BCUT2D eigenvalue weighted by molar-refractivity contribution is 5.98. The molecule has 1 aromatic carbocycles. The van der Waals surface area contributed by atoms with Crippen LogP contribution in [0.5, 0.6) is 0 Å². The number of pyridine rings is 3. The maximum atomic E-state index is 6.43. The van der Waals surface area contributed by atoms with Gasteiger partial charge in [0.05, 0.1) is 5.69 Å². The van der Waals surface area contributed by atoms with Crippen LogP contribution in [0, 0.1) is 0 Å². The number of anilines is 1. The van der Waals surface area contributed by atoms with Crippen LogP contribution in [0.15, 0.2) is 91.6 Å². The number of nitrogens with zero attached hydrogens (tertiary/aromatic N) is 5. The Balaban J connectivity index is 1.54. The third-order valence-electron chi connectivity index (χ3n) is 5.38. The Labute approximate surface area is 191 Å².